The van der Waals surface area contributed by atoms with E-state index in [2.05, 4.69) is 15.5 Å². The van der Waals surface area contributed by atoms with Gasteiger partial charge >= 0.3 is 0 Å². The highest BCUT2D eigenvalue weighted by molar-refractivity contribution is 5.92. The second-order valence-electron chi connectivity index (χ2n) is 3.05. The molecular weight excluding hydrogens is 168 g/mol. The summed E-state index contributed by atoms with van der Waals surface area (Å²) in [7, 11) is 0. The van der Waals surface area contributed by atoms with E-state index in [-0.39, 0.29) is 11.9 Å². The molecule has 1 aromatic heterocycles. The third kappa shape index (κ3) is 2.55. The number of hydrogen-bond donors (Lipinski definition) is 3. The Kier molecular flexibility index (Phi) is 3.02. The lowest BCUT2D eigenvalue weighted by atomic mass is 10.3. The molecule has 0 aliphatic heterocycles. The molecular formula is C8H14N4O. The zero-order chi connectivity index (χ0) is 9.84. The first-order valence-electron chi connectivity index (χ1n) is 4.16. The Morgan fingerprint density at radius 3 is 3.00 bits per heavy atom. The molecule has 5 heteroatoms. The third-order valence-electron chi connectivity index (χ3n) is 1.67. The van der Waals surface area contributed by atoms with Gasteiger partial charge in [0.15, 0.2) is 0 Å². The molecule has 0 saturated carbocycles. The number of carbonyl (C=O) groups excluding carboxylic acids is 1. The molecule has 1 aromatic rings. The number of aryl methyl sites for hydroxylation is 1. The molecule has 0 aromatic carbocycles. The summed E-state index contributed by atoms with van der Waals surface area (Å²) in [6.45, 7) is 4.11. The van der Waals surface area contributed by atoms with Gasteiger partial charge in [-0.3, -0.25) is 9.89 Å². The molecule has 0 saturated heterocycles. The molecule has 0 aliphatic carbocycles. The van der Waals surface area contributed by atoms with Gasteiger partial charge in [-0.1, -0.05) is 0 Å². The van der Waals surface area contributed by atoms with Gasteiger partial charge in [-0.25, -0.2) is 0 Å². The Labute approximate surface area is 76.7 Å². The molecule has 0 spiro atoms. The van der Waals surface area contributed by atoms with Crippen LogP contribution in [0.15, 0.2) is 6.07 Å². The molecule has 0 aliphatic rings. The molecule has 4 N–H and O–H groups in total. The van der Waals surface area contributed by atoms with Crippen LogP contribution >= 0.6 is 0 Å². The smallest absolute Gasteiger partial charge is 0.272 e. The zero-order valence-corrected chi connectivity index (χ0v) is 7.79. The summed E-state index contributed by atoms with van der Waals surface area (Å²) in [6.07, 6.45) is 0. The first-order chi connectivity index (χ1) is 6.13. The minimum atomic E-state index is -0.192. The molecule has 1 atom stereocenters. The fourth-order valence-corrected chi connectivity index (χ4v) is 0.891. The van der Waals surface area contributed by atoms with Crippen LogP contribution in [0.1, 0.15) is 23.1 Å². The molecule has 72 valence electrons. The summed E-state index contributed by atoms with van der Waals surface area (Å²) in [5.74, 6) is -0.192. The maximum absolute atomic E-state index is 11.4. The normalized spacial score (nSPS) is 12.5. The molecule has 1 heterocycles. The van der Waals surface area contributed by atoms with Crippen molar-refractivity contribution in [1.29, 1.82) is 0 Å². The predicted octanol–water partition coefficient (Wildman–Crippen LogP) is -0.205. The minimum Gasteiger partial charge on any atom is -0.347 e. The van der Waals surface area contributed by atoms with Crippen molar-refractivity contribution in [3.8, 4) is 0 Å². The van der Waals surface area contributed by atoms with E-state index < -0.39 is 0 Å². The molecule has 5 nitrogen and oxygen atoms in total. The standard InChI is InChI=1S/C8H14N4O/c1-5-3-7(12-11-5)8(13)10-6(2)4-9/h3,6H,4,9H2,1-2H3,(H,10,13)(H,11,12)/t6-/m1/s1. The fraction of sp³-hybridized carbons (Fsp3) is 0.500. The summed E-state index contributed by atoms with van der Waals surface area (Å²) < 4.78 is 0. The van der Waals surface area contributed by atoms with Crippen molar-refractivity contribution in [1.82, 2.24) is 15.5 Å². The van der Waals surface area contributed by atoms with E-state index in [0.717, 1.165) is 5.69 Å². The number of amides is 1. The van der Waals surface area contributed by atoms with E-state index in [1.165, 1.54) is 0 Å². The zero-order valence-electron chi connectivity index (χ0n) is 7.79. The molecule has 0 unspecified atom stereocenters. The van der Waals surface area contributed by atoms with Gasteiger partial charge in [0.1, 0.15) is 5.69 Å². The van der Waals surface area contributed by atoms with Crippen LogP contribution in [0.3, 0.4) is 0 Å². The molecule has 1 rings (SSSR count). The first kappa shape index (κ1) is 9.73. The molecule has 0 fully saturated rings. The number of aromatic nitrogens is 2. The van der Waals surface area contributed by atoms with Gasteiger partial charge in [-0.05, 0) is 19.9 Å². The number of rotatable bonds is 3. The van der Waals surface area contributed by atoms with Crippen molar-refractivity contribution in [2.45, 2.75) is 19.9 Å². The Morgan fingerprint density at radius 2 is 2.54 bits per heavy atom. The Balaban J connectivity index is 2.58. The van der Waals surface area contributed by atoms with Gasteiger partial charge in [0.2, 0.25) is 0 Å². The van der Waals surface area contributed by atoms with Crippen molar-refractivity contribution in [2.24, 2.45) is 5.73 Å². The van der Waals surface area contributed by atoms with Gasteiger partial charge in [-0.15, -0.1) is 0 Å². The highest BCUT2D eigenvalue weighted by atomic mass is 16.2. The maximum Gasteiger partial charge on any atom is 0.272 e. The van der Waals surface area contributed by atoms with Gasteiger partial charge in [0.05, 0.1) is 0 Å². The molecule has 0 radical (unpaired) electrons. The third-order valence-corrected chi connectivity index (χ3v) is 1.67. The van der Waals surface area contributed by atoms with E-state index in [1.807, 2.05) is 13.8 Å². The quantitative estimate of drug-likeness (QED) is 0.605. The van der Waals surface area contributed by atoms with E-state index in [9.17, 15) is 4.79 Å². The lowest BCUT2D eigenvalue weighted by Gasteiger charge is -2.08. The van der Waals surface area contributed by atoms with E-state index in [1.54, 1.807) is 6.07 Å². The summed E-state index contributed by atoms with van der Waals surface area (Å²) in [5, 5.41) is 9.24. The van der Waals surface area contributed by atoms with Crippen LogP contribution in [-0.4, -0.2) is 28.7 Å². The van der Waals surface area contributed by atoms with Crippen molar-refractivity contribution in [3.63, 3.8) is 0 Å². The van der Waals surface area contributed by atoms with Crippen LogP contribution in [0.4, 0.5) is 0 Å². The van der Waals surface area contributed by atoms with Crippen molar-refractivity contribution in [2.75, 3.05) is 6.54 Å². The highest BCUT2D eigenvalue weighted by Gasteiger charge is 2.10. The van der Waals surface area contributed by atoms with Crippen LogP contribution in [-0.2, 0) is 0 Å². The van der Waals surface area contributed by atoms with Crippen LogP contribution in [0.25, 0.3) is 0 Å². The Bertz CT molecular complexity index is 294. The van der Waals surface area contributed by atoms with Crippen LogP contribution in [0, 0.1) is 6.92 Å². The van der Waals surface area contributed by atoms with E-state index in [4.69, 9.17) is 5.73 Å². The Morgan fingerprint density at radius 1 is 1.85 bits per heavy atom. The van der Waals surface area contributed by atoms with E-state index >= 15 is 0 Å². The maximum atomic E-state index is 11.4. The van der Waals surface area contributed by atoms with Crippen molar-refractivity contribution < 1.29 is 4.79 Å². The number of nitrogens with zero attached hydrogens (tertiary/aromatic N) is 1. The van der Waals surface area contributed by atoms with Crippen molar-refractivity contribution >= 4 is 5.91 Å². The second kappa shape index (κ2) is 4.04. The van der Waals surface area contributed by atoms with Crippen molar-refractivity contribution in [3.05, 3.63) is 17.5 Å². The summed E-state index contributed by atoms with van der Waals surface area (Å²) in [5.41, 5.74) is 6.63. The summed E-state index contributed by atoms with van der Waals surface area (Å²) in [4.78, 5) is 11.4. The average molecular weight is 182 g/mol. The largest absolute Gasteiger partial charge is 0.347 e. The number of aromatic amines is 1. The monoisotopic (exact) mass is 182 g/mol. The number of hydrogen-bond acceptors (Lipinski definition) is 3. The van der Waals surface area contributed by atoms with Crippen LogP contribution in [0.2, 0.25) is 0 Å². The number of carbonyl (C=O) groups is 1. The minimum absolute atomic E-state index is 0.0236. The van der Waals surface area contributed by atoms with Gasteiger partial charge in [-0.2, -0.15) is 5.10 Å². The molecule has 0 bridgehead atoms. The van der Waals surface area contributed by atoms with Gasteiger partial charge in [0, 0.05) is 18.3 Å². The number of H-pyrrole nitrogens is 1. The number of nitrogens with one attached hydrogen (secondary N) is 2. The molecule has 13 heavy (non-hydrogen) atoms. The SMILES string of the molecule is Cc1cc(C(=O)N[C@H](C)CN)n[nH]1. The topological polar surface area (TPSA) is 83.8 Å². The predicted molar refractivity (Wildman–Crippen MR) is 49.3 cm³/mol. The van der Waals surface area contributed by atoms with Crippen LogP contribution in [0.5, 0.6) is 0 Å². The lowest BCUT2D eigenvalue weighted by molar-refractivity contribution is 0.0936. The Hall–Kier alpha value is -1.36. The lowest BCUT2D eigenvalue weighted by Crippen LogP contribution is -2.37. The molecule has 1 amide bonds. The highest BCUT2D eigenvalue weighted by Crippen LogP contribution is 1.97. The first-order valence-corrected chi connectivity index (χ1v) is 4.16. The summed E-state index contributed by atoms with van der Waals surface area (Å²) in [6, 6.07) is 1.67. The van der Waals surface area contributed by atoms with E-state index in [0.29, 0.717) is 12.2 Å². The fourth-order valence-electron chi connectivity index (χ4n) is 0.891. The average Bonchev–Trinajstić information content (AvgIpc) is 2.51. The van der Waals surface area contributed by atoms with Crippen LogP contribution < -0.4 is 11.1 Å². The summed E-state index contributed by atoms with van der Waals surface area (Å²) >= 11 is 0. The van der Waals surface area contributed by atoms with Gasteiger partial charge < -0.3 is 11.1 Å². The number of nitrogens with two attached hydrogens (primary N) is 1. The van der Waals surface area contributed by atoms with Gasteiger partial charge in [0.25, 0.3) is 5.91 Å². The second-order valence-corrected chi connectivity index (χ2v) is 3.05.